The van der Waals surface area contributed by atoms with E-state index in [1.54, 1.807) is 0 Å². The molecule has 0 unspecified atom stereocenters. The molecule has 1 aromatic rings. The molecule has 1 aromatic carbocycles. The second-order valence-corrected chi connectivity index (χ2v) is 2.77. The van der Waals surface area contributed by atoms with Crippen molar-refractivity contribution in [2.75, 3.05) is 0 Å². The SMILES string of the molecule is C/C=c1/cccc2c1=C=CC=C2. The van der Waals surface area contributed by atoms with Crippen LogP contribution in [0.15, 0.2) is 30.4 Å². The van der Waals surface area contributed by atoms with Crippen LogP contribution in [-0.2, 0) is 0 Å². The van der Waals surface area contributed by atoms with Crippen LogP contribution < -0.4 is 10.4 Å². The third-order valence-corrected chi connectivity index (χ3v) is 2.04. The van der Waals surface area contributed by atoms with Gasteiger partial charge in [0, 0.05) is 5.22 Å². The third kappa shape index (κ3) is 1.03. The van der Waals surface area contributed by atoms with Gasteiger partial charge in [-0.2, -0.15) is 0 Å². The lowest BCUT2D eigenvalue weighted by Gasteiger charge is -1.96. The predicted octanol–water partition coefficient (Wildman–Crippen LogP) is 1.45. The van der Waals surface area contributed by atoms with Crippen LogP contribution in [0.3, 0.4) is 0 Å². The van der Waals surface area contributed by atoms with Crippen LogP contribution in [0.4, 0.5) is 0 Å². The maximum atomic E-state index is 3.24. The van der Waals surface area contributed by atoms with E-state index in [0.29, 0.717) is 0 Å². The van der Waals surface area contributed by atoms with Gasteiger partial charge in [-0.15, -0.1) is 5.73 Å². The molecule has 0 saturated carbocycles. The highest BCUT2D eigenvalue weighted by Crippen LogP contribution is 1.95. The first-order valence-corrected chi connectivity index (χ1v) is 4.10. The summed E-state index contributed by atoms with van der Waals surface area (Å²) in [6, 6.07) is 6.29. The van der Waals surface area contributed by atoms with Crippen molar-refractivity contribution in [3.63, 3.8) is 0 Å². The van der Waals surface area contributed by atoms with Crippen molar-refractivity contribution < 1.29 is 0 Å². The quantitative estimate of drug-likeness (QED) is 0.530. The van der Waals surface area contributed by atoms with Crippen LogP contribution in [0, 0.1) is 0 Å². The van der Waals surface area contributed by atoms with Gasteiger partial charge in [0.2, 0.25) is 0 Å². The first-order valence-electron chi connectivity index (χ1n) is 4.10. The van der Waals surface area contributed by atoms with Crippen LogP contribution in [0.1, 0.15) is 12.5 Å². The van der Waals surface area contributed by atoms with Gasteiger partial charge in [-0.1, -0.05) is 36.4 Å². The van der Waals surface area contributed by atoms with E-state index in [4.69, 9.17) is 0 Å². The Labute approximate surface area is 71.9 Å². The van der Waals surface area contributed by atoms with E-state index in [1.165, 1.54) is 16.0 Å². The molecule has 0 heterocycles. The summed E-state index contributed by atoms with van der Waals surface area (Å²) in [5, 5.41) is 2.47. The molecule has 1 aliphatic carbocycles. The molecule has 0 radical (unpaired) electrons. The lowest BCUT2D eigenvalue weighted by atomic mass is 10.1. The summed E-state index contributed by atoms with van der Waals surface area (Å²) in [6.45, 7) is 2.05. The van der Waals surface area contributed by atoms with Crippen molar-refractivity contribution >= 4 is 17.9 Å². The van der Waals surface area contributed by atoms with Crippen LogP contribution in [0.25, 0.3) is 17.9 Å². The Balaban J connectivity index is 3.01. The maximum Gasteiger partial charge on any atom is 0.0306 e. The monoisotopic (exact) mass is 154 g/mol. The molecular formula is C12H10. The molecule has 1 aliphatic rings. The molecule has 12 heavy (non-hydrogen) atoms. The summed E-state index contributed by atoms with van der Waals surface area (Å²) < 4.78 is 0. The molecule has 0 fully saturated rings. The summed E-state index contributed by atoms with van der Waals surface area (Å²) in [4.78, 5) is 0. The topological polar surface area (TPSA) is 0 Å². The van der Waals surface area contributed by atoms with E-state index in [2.05, 4.69) is 43.0 Å². The molecule has 0 nitrogen and oxygen atoms in total. The minimum atomic E-state index is 1.21. The van der Waals surface area contributed by atoms with Crippen molar-refractivity contribution in [2.24, 2.45) is 0 Å². The van der Waals surface area contributed by atoms with Gasteiger partial charge >= 0.3 is 0 Å². The molecule has 0 saturated heterocycles. The zero-order chi connectivity index (χ0) is 8.39. The number of benzene rings is 1. The van der Waals surface area contributed by atoms with Crippen molar-refractivity contribution in [1.29, 1.82) is 0 Å². The highest BCUT2D eigenvalue weighted by molar-refractivity contribution is 5.58. The molecular weight excluding hydrogens is 144 g/mol. The fourth-order valence-corrected chi connectivity index (χ4v) is 1.42. The van der Waals surface area contributed by atoms with E-state index < -0.39 is 0 Å². The van der Waals surface area contributed by atoms with E-state index in [-0.39, 0.29) is 0 Å². The highest BCUT2D eigenvalue weighted by Gasteiger charge is 1.92. The Morgan fingerprint density at radius 1 is 1.33 bits per heavy atom. The number of hydrogen-bond donors (Lipinski definition) is 0. The first kappa shape index (κ1) is 7.15. The molecule has 0 N–H and O–H groups in total. The second kappa shape index (κ2) is 2.84. The molecule has 0 atom stereocenters. The van der Waals surface area contributed by atoms with E-state index in [1.807, 2.05) is 12.2 Å². The number of rotatable bonds is 0. The van der Waals surface area contributed by atoms with Gasteiger partial charge in [0.05, 0.1) is 0 Å². The van der Waals surface area contributed by atoms with Gasteiger partial charge in [-0.05, 0) is 23.8 Å². The molecule has 0 bridgehead atoms. The van der Waals surface area contributed by atoms with Crippen LogP contribution >= 0.6 is 0 Å². The van der Waals surface area contributed by atoms with Crippen LogP contribution in [-0.4, -0.2) is 0 Å². The van der Waals surface area contributed by atoms with E-state index in [0.717, 1.165) is 0 Å². The van der Waals surface area contributed by atoms with Gasteiger partial charge in [0.15, 0.2) is 0 Å². The molecule has 0 aromatic heterocycles. The predicted molar refractivity (Wildman–Crippen MR) is 52.8 cm³/mol. The average molecular weight is 154 g/mol. The highest BCUT2D eigenvalue weighted by atomic mass is 14.0. The summed E-state index contributed by atoms with van der Waals surface area (Å²) in [5.41, 5.74) is 4.50. The van der Waals surface area contributed by atoms with Gasteiger partial charge in [-0.25, -0.2) is 0 Å². The fraction of sp³-hybridized carbons (Fsp3) is 0.0833. The van der Waals surface area contributed by atoms with E-state index in [9.17, 15) is 0 Å². The van der Waals surface area contributed by atoms with Crippen molar-refractivity contribution in [3.05, 3.63) is 46.4 Å². The molecule has 0 spiro atoms. The standard InChI is InChI=1S/C12H10/c1-2-10-7-5-8-11-6-3-4-9-12(10)11/h2-8H,1H3/b10-2-. The Kier molecular flexibility index (Phi) is 1.69. The molecule has 0 aliphatic heterocycles. The third-order valence-electron chi connectivity index (χ3n) is 2.04. The molecule has 0 amide bonds. The molecule has 2 rings (SSSR count). The van der Waals surface area contributed by atoms with Gasteiger partial charge in [-0.3, -0.25) is 0 Å². The normalized spacial score (nSPS) is 14.2. The average Bonchev–Trinajstić information content (AvgIpc) is 2.17. The zero-order valence-electron chi connectivity index (χ0n) is 7.04. The van der Waals surface area contributed by atoms with Crippen LogP contribution in [0.2, 0.25) is 0 Å². The van der Waals surface area contributed by atoms with Gasteiger partial charge in [0.1, 0.15) is 0 Å². The number of hydrogen-bond acceptors (Lipinski definition) is 0. The smallest absolute Gasteiger partial charge is 0.0306 e. The largest absolute Gasteiger partial charge is 0.112 e. The van der Waals surface area contributed by atoms with E-state index >= 15 is 0 Å². The summed E-state index contributed by atoms with van der Waals surface area (Å²) >= 11 is 0. The number of fused-ring (bicyclic) bond motifs is 1. The van der Waals surface area contributed by atoms with Crippen molar-refractivity contribution in [2.45, 2.75) is 6.92 Å². The minimum absolute atomic E-state index is 1.21. The Hall–Kier alpha value is -1.52. The number of allylic oxidation sites excluding steroid dienone is 2. The fourth-order valence-electron chi connectivity index (χ4n) is 1.42. The molecule has 0 heteroatoms. The van der Waals surface area contributed by atoms with Gasteiger partial charge in [0.25, 0.3) is 0 Å². The summed E-state index contributed by atoms with van der Waals surface area (Å²) in [5.74, 6) is 0. The maximum absolute atomic E-state index is 3.24. The summed E-state index contributed by atoms with van der Waals surface area (Å²) in [7, 11) is 0. The Bertz CT molecular complexity index is 469. The van der Waals surface area contributed by atoms with Crippen molar-refractivity contribution in [1.82, 2.24) is 0 Å². The first-order chi connectivity index (χ1) is 5.92. The van der Waals surface area contributed by atoms with Crippen molar-refractivity contribution in [3.8, 4) is 0 Å². The zero-order valence-corrected chi connectivity index (χ0v) is 7.04. The second-order valence-electron chi connectivity index (χ2n) is 2.77. The molecule has 58 valence electrons. The summed E-state index contributed by atoms with van der Waals surface area (Å²) in [6.07, 6.45) is 8.19. The Morgan fingerprint density at radius 3 is 3.08 bits per heavy atom. The minimum Gasteiger partial charge on any atom is -0.112 e. The van der Waals surface area contributed by atoms with Gasteiger partial charge < -0.3 is 0 Å². The lowest BCUT2D eigenvalue weighted by Crippen LogP contribution is -2.26. The lowest BCUT2D eigenvalue weighted by molar-refractivity contribution is 1.47. The van der Waals surface area contributed by atoms with Crippen LogP contribution in [0.5, 0.6) is 0 Å². The Morgan fingerprint density at radius 2 is 2.25 bits per heavy atom.